The molecule has 0 aliphatic carbocycles. The maximum atomic E-state index is 14.4. The van der Waals surface area contributed by atoms with Gasteiger partial charge in [-0.2, -0.15) is 5.10 Å². The zero-order chi connectivity index (χ0) is 18.1. The van der Waals surface area contributed by atoms with E-state index in [0.717, 1.165) is 16.0 Å². The predicted molar refractivity (Wildman–Crippen MR) is 95.4 cm³/mol. The molecule has 0 spiro atoms. The van der Waals surface area contributed by atoms with Crippen molar-refractivity contribution < 1.29 is 13.9 Å². The highest BCUT2D eigenvalue weighted by Gasteiger charge is 2.23. The molecule has 9 heteroatoms. The van der Waals surface area contributed by atoms with Gasteiger partial charge < -0.3 is 4.74 Å². The van der Waals surface area contributed by atoms with Crippen molar-refractivity contribution in [1.29, 1.82) is 0 Å². The lowest BCUT2D eigenvalue weighted by atomic mass is 10.1. The molecule has 0 atom stereocenters. The van der Waals surface area contributed by atoms with Crippen LogP contribution in [-0.4, -0.2) is 22.4 Å². The largest absolute Gasteiger partial charge is 0.462 e. The number of aromatic nitrogens is 2. The highest BCUT2D eigenvalue weighted by atomic mass is 35.5. The van der Waals surface area contributed by atoms with E-state index in [1.807, 2.05) is 0 Å². The Morgan fingerprint density at radius 2 is 2.16 bits per heavy atom. The van der Waals surface area contributed by atoms with Crippen molar-refractivity contribution in [3.05, 3.63) is 61.1 Å². The van der Waals surface area contributed by atoms with Gasteiger partial charge in [0, 0.05) is 15.6 Å². The molecule has 0 bridgehead atoms. The summed E-state index contributed by atoms with van der Waals surface area (Å²) in [7, 11) is 0. The number of thiophene rings is 1. The molecule has 0 saturated heterocycles. The average Bonchev–Trinajstić information content (AvgIpc) is 2.95. The molecule has 3 rings (SSSR count). The topological polar surface area (TPSA) is 61.2 Å². The van der Waals surface area contributed by atoms with Crippen molar-refractivity contribution in [2.24, 2.45) is 0 Å². The van der Waals surface area contributed by atoms with Gasteiger partial charge in [-0.25, -0.2) is 13.9 Å². The second-order valence-corrected chi connectivity index (χ2v) is 6.85. The fraction of sp³-hybridized carbons (Fsp3) is 0.188. The quantitative estimate of drug-likeness (QED) is 0.617. The molecule has 2 aromatic heterocycles. The van der Waals surface area contributed by atoms with E-state index in [1.54, 1.807) is 19.1 Å². The van der Waals surface area contributed by atoms with Crippen LogP contribution >= 0.6 is 34.5 Å². The molecular weight excluding hydrogens is 390 g/mol. The molecule has 0 amide bonds. The third-order valence-corrected chi connectivity index (χ3v) is 5.40. The summed E-state index contributed by atoms with van der Waals surface area (Å²) in [6, 6.07) is 4.54. The number of esters is 1. The summed E-state index contributed by atoms with van der Waals surface area (Å²) >= 11 is 12.7. The number of hydrogen-bond acceptors (Lipinski definition) is 5. The summed E-state index contributed by atoms with van der Waals surface area (Å²) in [5, 5.41) is 4.01. The number of halogens is 3. The minimum Gasteiger partial charge on any atom is -0.462 e. The minimum atomic E-state index is -0.625. The van der Waals surface area contributed by atoms with E-state index in [9.17, 15) is 14.0 Å². The Balaban J connectivity index is 2.20. The molecule has 0 radical (unpaired) electrons. The Labute approximate surface area is 155 Å². The molecule has 0 N–H and O–H groups in total. The van der Waals surface area contributed by atoms with Crippen LogP contribution in [0.4, 0.5) is 4.39 Å². The molecule has 25 heavy (non-hydrogen) atoms. The van der Waals surface area contributed by atoms with Gasteiger partial charge >= 0.3 is 5.97 Å². The van der Waals surface area contributed by atoms with Crippen molar-refractivity contribution in [2.45, 2.75) is 13.5 Å². The first kappa shape index (κ1) is 17.8. The van der Waals surface area contributed by atoms with Crippen LogP contribution in [0.5, 0.6) is 0 Å². The third-order valence-electron chi connectivity index (χ3n) is 3.47. The zero-order valence-corrected chi connectivity index (χ0v) is 15.2. The summed E-state index contributed by atoms with van der Waals surface area (Å²) < 4.78 is 21.0. The normalized spacial score (nSPS) is 11.0. The summed E-state index contributed by atoms with van der Waals surface area (Å²) in [5.41, 5.74) is -0.302. The Kier molecular flexibility index (Phi) is 5.08. The van der Waals surface area contributed by atoms with Crippen LogP contribution in [0.2, 0.25) is 10.0 Å². The average molecular weight is 401 g/mol. The molecule has 2 heterocycles. The molecule has 0 unspecified atom stereocenters. The van der Waals surface area contributed by atoms with Gasteiger partial charge in [0.25, 0.3) is 5.56 Å². The number of carbonyl (C=O) groups excluding carboxylic acids is 1. The predicted octanol–water partition coefficient (Wildman–Crippen LogP) is 4.13. The van der Waals surface area contributed by atoms with Gasteiger partial charge in [-0.05, 0) is 19.1 Å². The van der Waals surface area contributed by atoms with Crippen LogP contribution in [0.1, 0.15) is 22.2 Å². The second kappa shape index (κ2) is 7.11. The number of fused-ring (bicyclic) bond motifs is 1. The van der Waals surface area contributed by atoms with Gasteiger partial charge in [-0.15, -0.1) is 11.3 Å². The van der Waals surface area contributed by atoms with Crippen molar-refractivity contribution >= 4 is 50.6 Å². The van der Waals surface area contributed by atoms with Crippen LogP contribution in [0.3, 0.4) is 0 Å². The Hall–Kier alpha value is -1.96. The number of carbonyl (C=O) groups is 1. The van der Waals surface area contributed by atoms with Gasteiger partial charge in [0.2, 0.25) is 0 Å². The number of rotatable bonds is 4. The van der Waals surface area contributed by atoms with Gasteiger partial charge in [-0.3, -0.25) is 4.79 Å². The van der Waals surface area contributed by atoms with E-state index in [1.165, 1.54) is 12.3 Å². The fourth-order valence-electron chi connectivity index (χ4n) is 2.39. The Morgan fingerprint density at radius 1 is 1.40 bits per heavy atom. The highest BCUT2D eigenvalue weighted by Crippen LogP contribution is 2.34. The van der Waals surface area contributed by atoms with Gasteiger partial charge in [0.05, 0.1) is 24.4 Å². The van der Waals surface area contributed by atoms with Crippen molar-refractivity contribution in [2.75, 3.05) is 6.61 Å². The minimum absolute atomic E-state index is 0.0230. The molecule has 5 nitrogen and oxygen atoms in total. The van der Waals surface area contributed by atoms with Crippen molar-refractivity contribution in [3.8, 4) is 0 Å². The van der Waals surface area contributed by atoms with Crippen LogP contribution in [-0.2, 0) is 11.3 Å². The van der Waals surface area contributed by atoms with Gasteiger partial charge in [0.15, 0.2) is 0 Å². The molecule has 0 aliphatic heterocycles. The fourth-order valence-corrected chi connectivity index (χ4v) is 3.78. The van der Waals surface area contributed by atoms with E-state index in [0.29, 0.717) is 10.3 Å². The summed E-state index contributed by atoms with van der Waals surface area (Å²) in [6.07, 6.45) is 1.22. The van der Waals surface area contributed by atoms with Crippen molar-refractivity contribution in [1.82, 2.24) is 9.78 Å². The first-order chi connectivity index (χ1) is 11.9. The third kappa shape index (κ3) is 3.27. The molecule has 0 fully saturated rings. The van der Waals surface area contributed by atoms with E-state index in [-0.39, 0.29) is 33.5 Å². The summed E-state index contributed by atoms with van der Waals surface area (Å²) in [4.78, 5) is 24.7. The van der Waals surface area contributed by atoms with Gasteiger partial charge in [0.1, 0.15) is 15.7 Å². The first-order valence-electron chi connectivity index (χ1n) is 7.22. The number of hydrogen-bond donors (Lipinski definition) is 0. The van der Waals surface area contributed by atoms with Crippen LogP contribution < -0.4 is 5.56 Å². The lowest BCUT2D eigenvalue weighted by Gasteiger charge is -2.08. The SMILES string of the molecule is CCOC(=O)c1sc2cccc(F)c2c1Cn1ncc(Cl)c(Cl)c1=O. The zero-order valence-electron chi connectivity index (χ0n) is 12.9. The molecular formula is C16H11Cl2FN2O3S. The van der Waals surface area contributed by atoms with E-state index in [2.05, 4.69) is 5.10 Å². The second-order valence-electron chi connectivity index (χ2n) is 5.01. The monoisotopic (exact) mass is 400 g/mol. The van der Waals surface area contributed by atoms with Crippen molar-refractivity contribution in [3.63, 3.8) is 0 Å². The Morgan fingerprint density at radius 3 is 2.88 bits per heavy atom. The summed E-state index contributed by atoms with van der Waals surface area (Å²) in [6.45, 7) is 1.72. The highest BCUT2D eigenvalue weighted by molar-refractivity contribution is 7.21. The van der Waals surface area contributed by atoms with E-state index in [4.69, 9.17) is 27.9 Å². The maximum Gasteiger partial charge on any atom is 0.348 e. The molecule has 0 saturated carbocycles. The van der Waals surface area contributed by atoms with E-state index >= 15 is 0 Å². The molecule has 3 aromatic rings. The van der Waals surface area contributed by atoms with E-state index < -0.39 is 17.3 Å². The standard InChI is InChI=1S/C16H11Cl2FN2O3S/c1-2-24-16(23)14-8(12-10(19)4-3-5-11(12)25-14)7-21-15(22)13(18)9(17)6-20-21/h3-6H,2,7H2,1H3. The number of nitrogens with zero attached hydrogens (tertiary/aromatic N) is 2. The van der Waals surface area contributed by atoms with Crippen LogP contribution in [0.25, 0.3) is 10.1 Å². The Bertz CT molecular complexity index is 1030. The molecule has 130 valence electrons. The summed E-state index contributed by atoms with van der Waals surface area (Å²) in [5.74, 6) is -1.07. The number of ether oxygens (including phenoxy) is 1. The molecule has 1 aromatic carbocycles. The van der Waals surface area contributed by atoms with Gasteiger partial charge in [-0.1, -0.05) is 29.3 Å². The van der Waals surface area contributed by atoms with Crippen LogP contribution in [0, 0.1) is 5.82 Å². The lowest BCUT2D eigenvalue weighted by Crippen LogP contribution is -2.24. The first-order valence-corrected chi connectivity index (χ1v) is 8.79. The van der Waals surface area contributed by atoms with Crippen LogP contribution in [0.15, 0.2) is 29.2 Å². The lowest BCUT2D eigenvalue weighted by molar-refractivity contribution is 0.0531. The molecule has 0 aliphatic rings. The maximum absolute atomic E-state index is 14.4. The number of benzene rings is 1. The smallest absolute Gasteiger partial charge is 0.348 e.